The van der Waals surface area contributed by atoms with Gasteiger partial charge in [-0.25, -0.2) is 4.79 Å². The predicted molar refractivity (Wildman–Crippen MR) is 132 cm³/mol. The molecule has 3 saturated carbocycles. The number of nitrogens with zero attached hydrogens (tertiary/aromatic N) is 1. The molecule has 4 heteroatoms. The van der Waals surface area contributed by atoms with Crippen LogP contribution in [-0.2, 0) is 11.3 Å². The number of unbranched alkanes of at least 4 members (excludes halogenated alkanes) is 1. The van der Waals surface area contributed by atoms with Crippen molar-refractivity contribution in [1.29, 1.82) is 0 Å². The number of hydrogen-bond donors (Lipinski definition) is 1. The second-order valence-electron chi connectivity index (χ2n) is 10.7. The molecule has 0 radical (unpaired) electrons. The molecule has 2 aromatic rings. The third-order valence-electron chi connectivity index (χ3n) is 8.35. The van der Waals surface area contributed by atoms with Crippen molar-refractivity contribution in [2.75, 3.05) is 6.54 Å². The van der Waals surface area contributed by atoms with E-state index in [0.29, 0.717) is 29.9 Å². The van der Waals surface area contributed by atoms with Crippen LogP contribution in [0.4, 0.5) is 0 Å². The molecule has 2 bridgehead atoms. The fourth-order valence-corrected chi connectivity index (χ4v) is 6.03. The van der Waals surface area contributed by atoms with Gasteiger partial charge in [0, 0.05) is 19.5 Å². The topological polar surface area (TPSA) is 57.6 Å². The highest BCUT2D eigenvalue weighted by Crippen LogP contribution is 2.61. The smallest absolute Gasteiger partial charge is 0.335 e. The summed E-state index contributed by atoms with van der Waals surface area (Å²) in [5.41, 5.74) is 3.91. The minimum Gasteiger partial charge on any atom is -0.478 e. The molecule has 3 aliphatic carbocycles. The number of carboxylic acid groups (broad SMARTS) is 1. The van der Waals surface area contributed by atoms with Crippen molar-refractivity contribution in [3.8, 4) is 11.1 Å². The zero-order valence-corrected chi connectivity index (χ0v) is 20.2. The van der Waals surface area contributed by atoms with Crippen LogP contribution in [0.15, 0.2) is 48.5 Å². The Morgan fingerprint density at radius 3 is 2.18 bits per heavy atom. The van der Waals surface area contributed by atoms with Gasteiger partial charge in [0.05, 0.1) is 5.56 Å². The van der Waals surface area contributed by atoms with E-state index in [1.54, 1.807) is 12.1 Å². The monoisotopic (exact) mass is 447 g/mol. The summed E-state index contributed by atoms with van der Waals surface area (Å²) in [4.78, 5) is 26.3. The van der Waals surface area contributed by atoms with Gasteiger partial charge in [0.1, 0.15) is 0 Å². The SMILES string of the molecule is CCCCC(=O)N(Cc1ccc(-c2ccc(C(=O)O)cc2)cc1)C[C@@H]1CC[C@H]2C[C@@H]1C2(C)C. The lowest BCUT2D eigenvalue weighted by Crippen LogP contribution is -2.55. The van der Waals surface area contributed by atoms with Gasteiger partial charge in [0.15, 0.2) is 0 Å². The lowest BCUT2D eigenvalue weighted by atomic mass is 9.45. The van der Waals surface area contributed by atoms with Gasteiger partial charge in [0.25, 0.3) is 0 Å². The van der Waals surface area contributed by atoms with E-state index in [4.69, 9.17) is 5.11 Å². The van der Waals surface area contributed by atoms with E-state index in [0.717, 1.165) is 47.9 Å². The molecule has 176 valence electrons. The third kappa shape index (κ3) is 5.00. The Morgan fingerprint density at radius 1 is 1.00 bits per heavy atom. The quantitative estimate of drug-likeness (QED) is 0.468. The maximum Gasteiger partial charge on any atom is 0.335 e. The maximum atomic E-state index is 13.1. The van der Waals surface area contributed by atoms with E-state index in [1.807, 2.05) is 12.1 Å². The van der Waals surface area contributed by atoms with Crippen molar-refractivity contribution in [2.45, 2.75) is 65.8 Å². The minimum atomic E-state index is -0.913. The molecular formula is C29H37NO3. The average molecular weight is 448 g/mol. The molecule has 3 atom stereocenters. The molecule has 0 heterocycles. The molecule has 0 aliphatic heterocycles. The molecule has 0 saturated heterocycles. The molecule has 1 amide bonds. The van der Waals surface area contributed by atoms with Gasteiger partial charge in [0.2, 0.25) is 5.91 Å². The molecule has 5 rings (SSSR count). The number of carboxylic acids is 1. The summed E-state index contributed by atoms with van der Waals surface area (Å²) >= 11 is 0. The van der Waals surface area contributed by atoms with Gasteiger partial charge < -0.3 is 10.0 Å². The molecule has 1 N–H and O–H groups in total. The maximum absolute atomic E-state index is 13.1. The molecular weight excluding hydrogens is 410 g/mol. The number of carbonyl (C=O) groups is 2. The number of hydrogen-bond acceptors (Lipinski definition) is 2. The Labute approximate surface area is 198 Å². The number of rotatable bonds is 9. The summed E-state index contributed by atoms with van der Waals surface area (Å²) in [5, 5.41) is 9.10. The largest absolute Gasteiger partial charge is 0.478 e. The molecule has 2 aromatic carbocycles. The van der Waals surface area contributed by atoms with Crippen LogP contribution in [0.3, 0.4) is 0 Å². The number of amides is 1. The zero-order valence-electron chi connectivity index (χ0n) is 20.2. The first-order chi connectivity index (χ1) is 15.8. The summed E-state index contributed by atoms with van der Waals surface area (Å²) in [6.45, 7) is 8.51. The number of aromatic carboxylic acids is 1. The highest BCUT2D eigenvalue weighted by atomic mass is 16.4. The summed E-state index contributed by atoms with van der Waals surface area (Å²) in [5.74, 6) is 1.60. The molecule has 3 aliphatic rings. The van der Waals surface area contributed by atoms with Gasteiger partial charge in [-0.2, -0.15) is 0 Å². The Bertz CT molecular complexity index is 975. The lowest BCUT2D eigenvalue weighted by Gasteiger charge is -2.60. The fourth-order valence-electron chi connectivity index (χ4n) is 6.03. The number of fused-ring (bicyclic) bond motifs is 2. The number of benzene rings is 2. The van der Waals surface area contributed by atoms with Crippen LogP contribution in [0.5, 0.6) is 0 Å². The van der Waals surface area contributed by atoms with Gasteiger partial charge in [-0.15, -0.1) is 0 Å². The van der Waals surface area contributed by atoms with Crippen molar-refractivity contribution in [3.63, 3.8) is 0 Å². The van der Waals surface area contributed by atoms with E-state index < -0.39 is 5.97 Å². The summed E-state index contributed by atoms with van der Waals surface area (Å²) in [6, 6.07) is 15.3. The molecule has 0 unspecified atom stereocenters. The fraction of sp³-hybridized carbons (Fsp3) is 0.517. The van der Waals surface area contributed by atoms with Crippen LogP contribution in [-0.4, -0.2) is 28.4 Å². The van der Waals surface area contributed by atoms with Crippen LogP contribution in [0, 0.1) is 23.2 Å². The first kappa shape index (κ1) is 23.5. The molecule has 0 spiro atoms. The van der Waals surface area contributed by atoms with Crippen LogP contribution >= 0.6 is 0 Å². The van der Waals surface area contributed by atoms with Gasteiger partial charge in [-0.05, 0) is 77.7 Å². The first-order valence-electron chi connectivity index (χ1n) is 12.5. The van der Waals surface area contributed by atoms with E-state index >= 15 is 0 Å². The van der Waals surface area contributed by atoms with Gasteiger partial charge in [-0.1, -0.05) is 63.6 Å². The Morgan fingerprint density at radius 2 is 1.64 bits per heavy atom. The molecule has 4 nitrogen and oxygen atoms in total. The second kappa shape index (κ2) is 9.70. The normalized spacial score (nSPS) is 22.9. The van der Waals surface area contributed by atoms with Gasteiger partial charge in [-0.3, -0.25) is 4.79 Å². The van der Waals surface area contributed by atoms with Crippen molar-refractivity contribution < 1.29 is 14.7 Å². The van der Waals surface area contributed by atoms with E-state index in [2.05, 4.69) is 49.9 Å². The van der Waals surface area contributed by atoms with Crippen molar-refractivity contribution in [3.05, 3.63) is 59.7 Å². The first-order valence-corrected chi connectivity index (χ1v) is 12.5. The summed E-state index contributed by atoms with van der Waals surface area (Å²) < 4.78 is 0. The Balaban J connectivity index is 1.46. The Hall–Kier alpha value is -2.62. The molecule has 0 aromatic heterocycles. The highest BCUT2D eigenvalue weighted by molar-refractivity contribution is 5.88. The van der Waals surface area contributed by atoms with Crippen LogP contribution in [0.2, 0.25) is 0 Å². The average Bonchev–Trinajstić information content (AvgIpc) is 2.82. The third-order valence-corrected chi connectivity index (χ3v) is 8.35. The zero-order chi connectivity index (χ0) is 23.6. The van der Waals surface area contributed by atoms with Crippen molar-refractivity contribution >= 4 is 11.9 Å². The van der Waals surface area contributed by atoms with Crippen LogP contribution < -0.4 is 0 Å². The number of carbonyl (C=O) groups excluding carboxylic acids is 1. The molecule has 33 heavy (non-hydrogen) atoms. The minimum absolute atomic E-state index is 0.282. The van der Waals surface area contributed by atoms with E-state index in [9.17, 15) is 9.59 Å². The van der Waals surface area contributed by atoms with Crippen LogP contribution in [0.1, 0.15) is 75.2 Å². The highest BCUT2D eigenvalue weighted by Gasteiger charge is 2.54. The lowest BCUT2D eigenvalue weighted by molar-refractivity contribution is -0.140. The summed E-state index contributed by atoms with van der Waals surface area (Å²) in [6.07, 6.45) is 6.51. The second-order valence-corrected chi connectivity index (χ2v) is 10.7. The van der Waals surface area contributed by atoms with Crippen LogP contribution in [0.25, 0.3) is 11.1 Å². The standard InChI is InChI=1S/C29H37NO3/c1-4-5-6-27(31)30(19-24-15-16-25-17-26(24)29(25,2)3)18-20-7-9-21(10-8-20)22-11-13-23(14-12-22)28(32)33/h7-14,24-26H,4-6,15-19H2,1-3H3,(H,32,33)/t24-,25-,26-/m0/s1. The van der Waals surface area contributed by atoms with Crippen molar-refractivity contribution in [2.24, 2.45) is 23.2 Å². The van der Waals surface area contributed by atoms with Gasteiger partial charge >= 0.3 is 5.97 Å². The molecule has 3 fully saturated rings. The predicted octanol–water partition coefficient (Wildman–Crippen LogP) is 6.64. The van der Waals surface area contributed by atoms with E-state index in [-0.39, 0.29) is 5.91 Å². The van der Waals surface area contributed by atoms with E-state index in [1.165, 1.54) is 19.3 Å². The summed E-state index contributed by atoms with van der Waals surface area (Å²) in [7, 11) is 0. The Kier molecular flexibility index (Phi) is 6.92. The van der Waals surface area contributed by atoms with Crippen molar-refractivity contribution in [1.82, 2.24) is 4.90 Å².